The molecule has 0 aliphatic rings. The van der Waals surface area contributed by atoms with Crippen molar-refractivity contribution in [2.24, 2.45) is 0 Å². The normalized spacial score (nSPS) is 9.76. The van der Waals surface area contributed by atoms with Crippen LogP contribution < -0.4 is 9.47 Å². The molecule has 0 amide bonds. The molecule has 0 aromatic heterocycles. The number of nitro groups is 1. The van der Waals surface area contributed by atoms with Crippen LogP contribution in [0.2, 0.25) is 5.02 Å². The van der Waals surface area contributed by atoms with E-state index in [9.17, 15) is 10.1 Å². The lowest BCUT2D eigenvalue weighted by Crippen LogP contribution is -1.95. The quantitative estimate of drug-likeness (QED) is 0.631. The van der Waals surface area contributed by atoms with E-state index in [1.165, 1.54) is 43.5 Å². The van der Waals surface area contributed by atoms with Crippen molar-refractivity contribution in [1.82, 2.24) is 0 Å². The molecule has 6 nitrogen and oxygen atoms in total. The standard InChI is InChI=1S/C14H9ClN2O4/c1-20-10-5-9(8-16)6-11(7-10)21-13-4-2-3-12(15)14(13)17(18)19/h2-7H,1H3. The molecule has 2 rings (SSSR count). The van der Waals surface area contributed by atoms with Crippen molar-refractivity contribution in [3.8, 4) is 23.3 Å². The van der Waals surface area contributed by atoms with Gasteiger partial charge in [0.1, 0.15) is 16.5 Å². The summed E-state index contributed by atoms with van der Waals surface area (Å²) >= 11 is 5.81. The number of nitrogens with zero attached hydrogens (tertiary/aromatic N) is 2. The van der Waals surface area contributed by atoms with E-state index in [0.717, 1.165) is 0 Å². The molecular formula is C14H9ClN2O4. The van der Waals surface area contributed by atoms with E-state index >= 15 is 0 Å². The van der Waals surface area contributed by atoms with Gasteiger partial charge in [-0.05, 0) is 24.3 Å². The summed E-state index contributed by atoms with van der Waals surface area (Å²) in [5.74, 6) is 0.648. The van der Waals surface area contributed by atoms with Gasteiger partial charge in [-0.15, -0.1) is 0 Å². The first-order valence-corrected chi connectivity index (χ1v) is 6.13. The summed E-state index contributed by atoms with van der Waals surface area (Å²) in [6.07, 6.45) is 0. The van der Waals surface area contributed by atoms with Gasteiger partial charge < -0.3 is 9.47 Å². The highest BCUT2D eigenvalue weighted by Gasteiger charge is 2.20. The number of rotatable bonds is 4. The second kappa shape index (κ2) is 6.11. The molecule has 2 aromatic carbocycles. The van der Waals surface area contributed by atoms with E-state index in [1.54, 1.807) is 0 Å². The van der Waals surface area contributed by atoms with Crippen molar-refractivity contribution >= 4 is 17.3 Å². The van der Waals surface area contributed by atoms with Crippen LogP contribution in [0, 0.1) is 21.4 Å². The van der Waals surface area contributed by atoms with Crippen LogP contribution in [0.1, 0.15) is 5.56 Å². The summed E-state index contributed by atoms with van der Waals surface area (Å²) in [6, 6.07) is 10.8. The maximum Gasteiger partial charge on any atom is 0.329 e. The Balaban J connectivity index is 2.46. The average Bonchev–Trinajstić information content (AvgIpc) is 2.46. The van der Waals surface area contributed by atoms with Crippen molar-refractivity contribution in [3.05, 3.63) is 57.1 Å². The Bertz CT molecular complexity index is 740. The molecule has 106 valence electrons. The maximum absolute atomic E-state index is 11.0. The molecule has 7 heteroatoms. The fourth-order valence-corrected chi connectivity index (χ4v) is 1.93. The van der Waals surface area contributed by atoms with Crippen LogP contribution in [0.3, 0.4) is 0 Å². The molecule has 0 atom stereocenters. The number of hydrogen-bond acceptors (Lipinski definition) is 5. The monoisotopic (exact) mass is 304 g/mol. The first kappa shape index (κ1) is 14.6. The number of nitro benzene ring substituents is 1. The SMILES string of the molecule is COc1cc(C#N)cc(Oc2cccc(Cl)c2[N+](=O)[O-])c1. The highest BCUT2D eigenvalue weighted by atomic mass is 35.5. The minimum atomic E-state index is -0.622. The van der Waals surface area contributed by atoms with Gasteiger partial charge in [0, 0.05) is 6.07 Å². The maximum atomic E-state index is 11.0. The van der Waals surface area contributed by atoms with Gasteiger partial charge in [0.05, 0.1) is 23.7 Å². The number of ether oxygens (including phenoxy) is 2. The third-order valence-corrected chi connectivity index (χ3v) is 2.91. The molecule has 0 saturated heterocycles. The van der Waals surface area contributed by atoms with Crippen molar-refractivity contribution in [1.29, 1.82) is 5.26 Å². The first-order valence-electron chi connectivity index (χ1n) is 5.75. The minimum Gasteiger partial charge on any atom is -0.497 e. The molecule has 0 spiro atoms. The second-order valence-corrected chi connectivity index (χ2v) is 4.36. The summed E-state index contributed by atoms with van der Waals surface area (Å²) in [7, 11) is 1.45. The molecule has 0 unspecified atom stereocenters. The lowest BCUT2D eigenvalue weighted by Gasteiger charge is -2.09. The molecule has 0 bridgehead atoms. The fraction of sp³-hybridized carbons (Fsp3) is 0.0714. The highest BCUT2D eigenvalue weighted by Crippen LogP contribution is 2.37. The summed E-state index contributed by atoms with van der Waals surface area (Å²) < 4.78 is 10.5. The topological polar surface area (TPSA) is 85.4 Å². The number of nitriles is 1. The number of hydrogen-bond donors (Lipinski definition) is 0. The average molecular weight is 305 g/mol. The van der Waals surface area contributed by atoms with Gasteiger partial charge >= 0.3 is 5.69 Å². The molecule has 0 fully saturated rings. The van der Waals surface area contributed by atoms with Gasteiger partial charge in [-0.3, -0.25) is 10.1 Å². The Hall–Kier alpha value is -2.78. The van der Waals surface area contributed by atoms with E-state index in [-0.39, 0.29) is 22.2 Å². The molecule has 0 aliphatic heterocycles. The third kappa shape index (κ3) is 3.22. The van der Waals surface area contributed by atoms with Gasteiger partial charge in [0.25, 0.3) is 0 Å². The summed E-state index contributed by atoms with van der Waals surface area (Å²) in [4.78, 5) is 10.4. The second-order valence-electron chi connectivity index (χ2n) is 3.95. The van der Waals surface area contributed by atoms with Gasteiger partial charge in [-0.2, -0.15) is 5.26 Å². The lowest BCUT2D eigenvalue weighted by atomic mass is 10.2. The summed E-state index contributed by atoms with van der Waals surface area (Å²) in [5.41, 5.74) is -0.0190. The number of benzene rings is 2. The van der Waals surface area contributed by atoms with E-state index < -0.39 is 4.92 Å². The van der Waals surface area contributed by atoms with Crippen LogP contribution >= 0.6 is 11.6 Å². The van der Waals surface area contributed by atoms with Crippen LogP contribution in [0.25, 0.3) is 0 Å². The molecule has 21 heavy (non-hydrogen) atoms. The number of para-hydroxylation sites is 1. The van der Waals surface area contributed by atoms with E-state index in [4.69, 9.17) is 26.3 Å². The minimum absolute atomic E-state index is 0.00959. The molecule has 0 N–H and O–H groups in total. The van der Waals surface area contributed by atoms with Gasteiger partial charge in [-0.25, -0.2) is 0 Å². The molecule has 0 radical (unpaired) electrons. The Morgan fingerprint density at radius 3 is 2.62 bits per heavy atom. The number of methoxy groups -OCH3 is 1. The van der Waals surface area contributed by atoms with Crippen LogP contribution in [0.4, 0.5) is 5.69 Å². The predicted octanol–water partition coefficient (Wildman–Crippen LogP) is 3.92. The van der Waals surface area contributed by atoms with Crippen molar-refractivity contribution < 1.29 is 14.4 Å². The third-order valence-electron chi connectivity index (χ3n) is 2.60. The molecule has 0 heterocycles. The van der Waals surface area contributed by atoms with Crippen LogP contribution in [-0.4, -0.2) is 12.0 Å². The van der Waals surface area contributed by atoms with Crippen LogP contribution in [0.15, 0.2) is 36.4 Å². The zero-order chi connectivity index (χ0) is 15.4. The predicted molar refractivity (Wildman–Crippen MR) is 75.9 cm³/mol. The van der Waals surface area contributed by atoms with E-state index in [0.29, 0.717) is 11.3 Å². The van der Waals surface area contributed by atoms with E-state index in [2.05, 4.69) is 0 Å². The highest BCUT2D eigenvalue weighted by molar-refractivity contribution is 6.32. The van der Waals surface area contributed by atoms with E-state index in [1.807, 2.05) is 6.07 Å². The number of halogens is 1. The smallest absolute Gasteiger partial charge is 0.329 e. The first-order chi connectivity index (χ1) is 10.0. The largest absolute Gasteiger partial charge is 0.497 e. The molecule has 2 aromatic rings. The van der Waals surface area contributed by atoms with Crippen molar-refractivity contribution in [2.45, 2.75) is 0 Å². The Morgan fingerprint density at radius 1 is 1.29 bits per heavy atom. The van der Waals surface area contributed by atoms with Gasteiger partial charge in [0.2, 0.25) is 5.75 Å². The van der Waals surface area contributed by atoms with Crippen LogP contribution in [0.5, 0.6) is 17.2 Å². The van der Waals surface area contributed by atoms with Gasteiger partial charge in [0.15, 0.2) is 0 Å². The van der Waals surface area contributed by atoms with Crippen LogP contribution in [-0.2, 0) is 0 Å². The zero-order valence-corrected chi connectivity index (χ0v) is 11.6. The Morgan fingerprint density at radius 2 is 2.00 bits per heavy atom. The Labute approximate surface area is 125 Å². The van der Waals surface area contributed by atoms with Crippen molar-refractivity contribution in [2.75, 3.05) is 7.11 Å². The summed E-state index contributed by atoms with van der Waals surface area (Å²) in [6.45, 7) is 0. The summed E-state index contributed by atoms with van der Waals surface area (Å²) in [5, 5.41) is 20.0. The van der Waals surface area contributed by atoms with Gasteiger partial charge in [-0.1, -0.05) is 17.7 Å². The van der Waals surface area contributed by atoms with Crippen molar-refractivity contribution in [3.63, 3.8) is 0 Å². The molecule has 0 aliphatic carbocycles. The fourth-order valence-electron chi connectivity index (χ4n) is 1.70. The zero-order valence-electron chi connectivity index (χ0n) is 10.9. The molecule has 0 saturated carbocycles. The lowest BCUT2D eigenvalue weighted by molar-refractivity contribution is -0.385. The Kier molecular flexibility index (Phi) is 4.26. The molecular weight excluding hydrogens is 296 g/mol.